The number of rotatable bonds is 24. The number of aliphatic hydroxyl groups is 3. The summed E-state index contributed by atoms with van der Waals surface area (Å²) in [5, 5.41) is 55.9. The summed E-state index contributed by atoms with van der Waals surface area (Å²) in [6.45, 7) is 11.3. The Morgan fingerprint density at radius 3 is 1.55 bits per heavy atom. The van der Waals surface area contributed by atoms with Crippen molar-refractivity contribution in [2.45, 2.75) is 136 Å². The van der Waals surface area contributed by atoms with E-state index >= 15 is 0 Å². The number of phosphoric acid groups is 3. The molecule has 0 bridgehead atoms. The van der Waals surface area contributed by atoms with Crippen LogP contribution in [-0.2, 0) is 63.8 Å². The SMILES string of the molecule is COc1cc([C@@H](OCc2cn([C@H]3C[C@@H](O)[C@@H](CO)O3)c3ncnc(N)c23)C(C)(C)C)c([N+](=O)[O-])cc1C#CCCC(C)=O.COc1cc([C@@H](OCc2cn([C@H]3C[C@@H](O)[C@@H](COP(=O)(O)OP(=O)(O)OP(=O)(O)O)O3)c3ncnc(N)c23)C(C)(C)C)c([N+](=O)[O-])cc1C#CCN. The monoisotopic (exact) mass is 1390 g/mol. The lowest BCUT2D eigenvalue weighted by Crippen LogP contribution is -2.26. The van der Waals surface area contributed by atoms with Gasteiger partial charge in [-0.3, -0.25) is 29.5 Å². The molecule has 0 spiro atoms. The Kier molecular flexibility index (Phi) is 24.3. The molecule has 6 aromatic rings. The number of nitrogens with zero attached hydrogens (tertiary/aromatic N) is 8. The molecule has 2 saturated heterocycles. The molecular weight excluding hydrogens is 1320 g/mol. The molecule has 8 rings (SSSR count). The summed E-state index contributed by atoms with van der Waals surface area (Å²) < 4.78 is 85.5. The number of fused-ring (bicyclic) bond motifs is 2. The molecule has 2 aliphatic rings. The standard InChI is InChI=1S/C30H37N5O8.C27H37N6O16P3/c1-17(37)8-6-7-9-18-10-21(35(39)40)20(11-23(18)41-5)27(30(2,3)4)42-15-19-13-34(25-12-22(38)24(14-36)43-25)29-26(19)28(31)32-16-33-29;1-27(2,3)24(17-9-20(44-4)15(6-5-7-28)8-18(17)33(35)36)45-12-16-11-32(26-23(16)25(29)30-14-31-26)22-10-19(34)21(47-22)13-46-51(40,41)49-52(42,43)48-50(37,38)39/h10-11,13,16,22,24-25,27,36,38H,6,8,12,14-15H2,1-5H3,(H2,31,32,33);8-9,11,14,19,21-22,24,34H,7,10,12-13,28H2,1-4H3,(H,40,41)(H,42,43)(H2,29,30,31)(H2,37,38,39)/t22-,24-,25-,27-;19-,21-,22-,24-/m11/s1. The number of nitrogens with two attached hydrogens (primary N) is 3. The molecular formula is C57H74N11O24P3. The molecule has 4 aromatic heterocycles. The van der Waals surface area contributed by atoms with Gasteiger partial charge in [-0.25, -0.2) is 33.6 Å². The number of hydrogen-bond donors (Lipinski definition) is 10. The van der Waals surface area contributed by atoms with Crippen LogP contribution >= 0.6 is 23.5 Å². The van der Waals surface area contributed by atoms with Gasteiger partial charge in [-0.15, -0.1) is 0 Å². The van der Waals surface area contributed by atoms with Crippen LogP contribution in [-0.4, -0.2) is 138 Å². The number of ketones is 1. The highest BCUT2D eigenvalue weighted by Gasteiger charge is 2.44. The molecule has 0 aliphatic carbocycles. The van der Waals surface area contributed by atoms with Crippen LogP contribution in [0, 0.1) is 54.7 Å². The van der Waals surface area contributed by atoms with Crippen molar-refractivity contribution in [3.8, 4) is 35.2 Å². The quantitative estimate of drug-likeness (QED) is 0.0141. The number of nitro groups is 2. The van der Waals surface area contributed by atoms with Gasteiger partial charge in [0.2, 0.25) is 0 Å². The van der Waals surface area contributed by atoms with Gasteiger partial charge in [-0.05, 0) is 29.9 Å². The highest BCUT2D eigenvalue weighted by Crippen LogP contribution is 2.66. The van der Waals surface area contributed by atoms with Crippen LogP contribution in [0.3, 0.4) is 0 Å². The molecule has 38 heteroatoms. The number of carbonyl (C=O) groups excluding carboxylic acids is 1. The average molecular weight is 1390 g/mol. The molecule has 0 amide bonds. The second-order valence-electron chi connectivity index (χ2n) is 23.8. The third-order valence-electron chi connectivity index (χ3n) is 14.7. The summed E-state index contributed by atoms with van der Waals surface area (Å²) in [5.41, 5.74) is 19.1. The number of phosphoric ester groups is 1. The van der Waals surface area contributed by atoms with Gasteiger partial charge in [-0.2, -0.15) is 8.62 Å². The largest absolute Gasteiger partial charge is 0.495 e. The van der Waals surface area contributed by atoms with Gasteiger partial charge in [0.25, 0.3) is 11.4 Å². The normalized spacial score (nSPS) is 20.1. The number of anilines is 2. The second-order valence-corrected chi connectivity index (χ2v) is 28.3. The van der Waals surface area contributed by atoms with Gasteiger partial charge in [0, 0.05) is 61.3 Å². The van der Waals surface area contributed by atoms with Gasteiger partial charge in [-0.1, -0.05) is 65.2 Å². The number of hydrogen-bond acceptors (Lipinski definition) is 27. The van der Waals surface area contributed by atoms with E-state index in [4.69, 9.17) is 55.4 Å². The summed E-state index contributed by atoms with van der Waals surface area (Å²) in [6, 6.07) is 5.73. The zero-order valence-electron chi connectivity index (χ0n) is 52.8. The molecule has 13 N–H and O–H groups in total. The second kappa shape index (κ2) is 30.7. The maximum atomic E-state index is 12.3. The molecule has 10 atom stereocenters. The maximum absolute atomic E-state index is 12.3. The van der Waals surface area contributed by atoms with Crippen LogP contribution in [0.2, 0.25) is 0 Å². The molecule has 516 valence electrons. The number of aliphatic hydroxyl groups excluding tert-OH is 3. The maximum Gasteiger partial charge on any atom is 0.490 e. The van der Waals surface area contributed by atoms with Crippen LogP contribution in [0.1, 0.15) is 132 Å². The first-order chi connectivity index (χ1) is 44.4. The molecule has 2 aliphatic heterocycles. The van der Waals surface area contributed by atoms with Crippen LogP contribution in [0.25, 0.3) is 22.1 Å². The molecule has 6 heterocycles. The number of aromatic nitrogens is 6. The predicted octanol–water partition coefficient (Wildman–Crippen LogP) is 6.13. The van der Waals surface area contributed by atoms with Crippen LogP contribution in [0.15, 0.2) is 49.3 Å². The first-order valence-corrected chi connectivity index (χ1v) is 33.3. The van der Waals surface area contributed by atoms with E-state index in [-0.39, 0.29) is 96.9 Å². The number of benzene rings is 2. The fourth-order valence-electron chi connectivity index (χ4n) is 10.5. The van der Waals surface area contributed by atoms with E-state index in [1.165, 1.54) is 56.6 Å². The van der Waals surface area contributed by atoms with Crippen LogP contribution < -0.4 is 26.7 Å². The third kappa shape index (κ3) is 18.8. The van der Waals surface area contributed by atoms with Crippen molar-refractivity contribution in [3.05, 3.63) is 103 Å². The van der Waals surface area contributed by atoms with Crippen molar-refractivity contribution < 1.29 is 105 Å². The molecule has 2 aromatic carbocycles. The summed E-state index contributed by atoms with van der Waals surface area (Å²) >= 11 is 0. The highest BCUT2D eigenvalue weighted by molar-refractivity contribution is 7.66. The van der Waals surface area contributed by atoms with Crippen molar-refractivity contribution >= 4 is 74.3 Å². The fourth-order valence-corrected chi connectivity index (χ4v) is 13.6. The minimum absolute atomic E-state index is 0.00617. The van der Waals surface area contributed by atoms with Crippen molar-refractivity contribution in [3.63, 3.8) is 0 Å². The van der Waals surface area contributed by atoms with E-state index in [0.29, 0.717) is 50.8 Å². The molecule has 2 unspecified atom stereocenters. The van der Waals surface area contributed by atoms with E-state index in [9.17, 15) is 63.8 Å². The van der Waals surface area contributed by atoms with E-state index < -0.39 is 99.8 Å². The van der Waals surface area contributed by atoms with Crippen LogP contribution in [0.5, 0.6) is 11.5 Å². The predicted molar refractivity (Wildman–Crippen MR) is 336 cm³/mol. The van der Waals surface area contributed by atoms with Gasteiger partial charge in [0.1, 0.15) is 77.5 Å². The van der Waals surface area contributed by atoms with Crippen molar-refractivity contribution in [2.75, 3.05) is 45.4 Å². The lowest BCUT2D eigenvalue weighted by molar-refractivity contribution is -0.386. The number of carbonyl (C=O) groups is 1. The Balaban J connectivity index is 0.000000273. The van der Waals surface area contributed by atoms with Crippen molar-refractivity contribution in [2.24, 2.45) is 16.6 Å². The van der Waals surface area contributed by atoms with Crippen molar-refractivity contribution in [1.29, 1.82) is 0 Å². The summed E-state index contributed by atoms with van der Waals surface area (Å²) in [6.07, 6.45) is -0.995. The Bertz CT molecular complexity index is 4110. The van der Waals surface area contributed by atoms with E-state index in [2.05, 4.69) is 56.8 Å². The zero-order valence-corrected chi connectivity index (χ0v) is 55.5. The molecule has 0 saturated carbocycles. The highest BCUT2D eigenvalue weighted by atomic mass is 31.3. The summed E-state index contributed by atoms with van der Waals surface area (Å²) in [4.78, 5) is 88.2. The summed E-state index contributed by atoms with van der Waals surface area (Å²) in [7, 11) is -14.0. The fraction of sp³-hybridized carbons (Fsp3) is 0.491. The van der Waals surface area contributed by atoms with Gasteiger partial charge < -0.3 is 89.6 Å². The van der Waals surface area contributed by atoms with Gasteiger partial charge >= 0.3 is 23.5 Å². The van der Waals surface area contributed by atoms with Crippen molar-refractivity contribution in [1.82, 2.24) is 29.1 Å². The zero-order chi connectivity index (χ0) is 70.3. The van der Waals surface area contributed by atoms with Crippen LogP contribution in [0.4, 0.5) is 23.0 Å². The first-order valence-electron chi connectivity index (χ1n) is 28.8. The first kappa shape index (κ1) is 74.9. The lowest BCUT2D eigenvalue weighted by Gasteiger charge is -2.31. The number of methoxy groups -OCH3 is 2. The topological polar surface area (TPSA) is 519 Å². The lowest BCUT2D eigenvalue weighted by atomic mass is 9.83. The smallest absolute Gasteiger partial charge is 0.490 e. The van der Waals surface area contributed by atoms with E-state index in [0.717, 1.165) is 0 Å². The minimum atomic E-state index is -5.76. The number of ether oxygens (including phenoxy) is 6. The number of Topliss-reactive ketones (excluding diaryl/α,β-unsaturated/α-hetero) is 1. The Hall–Kier alpha value is -7.44. The van der Waals surface area contributed by atoms with Gasteiger partial charge in [0.05, 0.1) is 114 Å². The van der Waals surface area contributed by atoms with Gasteiger partial charge in [0.15, 0.2) is 0 Å². The Morgan fingerprint density at radius 1 is 0.716 bits per heavy atom. The average Bonchev–Trinajstić information content (AvgIpc) is 1.72. The number of nitrogen functional groups attached to an aromatic ring is 2. The minimum Gasteiger partial charge on any atom is -0.495 e. The molecule has 0 radical (unpaired) electrons. The van der Waals surface area contributed by atoms with E-state index in [1.807, 2.05) is 41.5 Å². The Labute approximate surface area is 542 Å². The molecule has 35 nitrogen and oxygen atoms in total. The third-order valence-corrected chi connectivity index (χ3v) is 18.5. The van der Waals surface area contributed by atoms with E-state index in [1.54, 1.807) is 23.0 Å². The molecule has 95 heavy (non-hydrogen) atoms. The Morgan fingerprint density at radius 2 is 1.16 bits per heavy atom. The number of nitro benzene ring substituents is 2. The molecule has 2 fully saturated rings. The summed E-state index contributed by atoms with van der Waals surface area (Å²) in [5.74, 6) is 12.1.